The van der Waals surface area contributed by atoms with Crippen molar-refractivity contribution in [2.75, 3.05) is 38.6 Å². The summed E-state index contributed by atoms with van der Waals surface area (Å²) in [5, 5.41) is 8.33. The standard InChI is InChI=1S/C22H28F5N5O/c23-19(24)11-30-18(9-17(28)12-6-16(22(25,26)27)21(29)31-10-12)20-14-7-13(8-15(14)20)32-2-1-4-33-5-3-32/h6,10,13-15,19-20,28H,1-5,7-9,11H2,(H2,29,31). The van der Waals surface area contributed by atoms with Crippen molar-refractivity contribution in [3.63, 3.8) is 0 Å². The number of nitrogen functional groups attached to an aromatic ring is 1. The third kappa shape index (κ3) is 5.51. The fourth-order valence-electron chi connectivity index (χ4n) is 5.35. The van der Waals surface area contributed by atoms with Crippen LogP contribution < -0.4 is 5.73 Å². The summed E-state index contributed by atoms with van der Waals surface area (Å²) in [6.45, 7) is 2.68. The molecule has 0 amide bonds. The van der Waals surface area contributed by atoms with Crippen molar-refractivity contribution in [2.45, 2.75) is 44.3 Å². The first-order valence-electron chi connectivity index (χ1n) is 11.2. The summed E-state index contributed by atoms with van der Waals surface area (Å²) in [4.78, 5) is 10.1. The van der Waals surface area contributed by atoms with E-state index in [-0.39, 0.29) is 23.6 Å². The molecule has 1 saturated heterocycles. The van der Waals surface area contributed by atoms with E-state index in [0.717, 1.165) is 51.2 Å². The zero-order valence-electron chi connectivity index (χ0n) is 18.1. The number of hydrogen-bond donors (Lipinski definition) is 2. The van der Waals surface area contributed by atoms with Crippen molar-refractivity contribution in [1.82, 2.24) is 9.88 Å². The highest BCUT2D eigenvalue weighted by molar-refractivity contribution is 6.12. The molecule has 11 heteroatoms. The number of ether oxygens (including phenoxy) is 1. The Bertz CT molecular complexity index is 886. The molecular weight excluding hydrogens is 445 g/mol. The summed E-state index contributed by atoms with van der Waals surface area (Å²) >= 11 is 0. The van der Waals surface area contributed by atoms with Crippen LogP contribution in [0, 0.1) is 23.2 Å². The molecule has 0 radical (unpaired) electrons. The van der Waals surface area contributed by atoms with Gasteiger partial charge in [0.2, 0.25) is 0 Å². The average molecular weight is 473 g/mol. The minimum Gasteiger partial charge on any atom is -0.383 e. The highest BCUT2D eigenvalue weighted by Gasteiger charge is 2.58. The number of anilines is 1. The lowest BCUT2D eigenvalue weighted by atomic mass is 9.96. The van der Waals surface area contributed by atoms with Crippen LogP contribution in [-0.4, -0.2) is 66.6 Å². The van der Waals surface area contributed by atoms with E-state index in [1.807, 2.05) is 0 Å². The van der Waals surface area contributed by atoms with Crippen LogP contribution in [0.4, 0.5) is 27.8 Å². The summed E-state index contributed by atoms with van der Waals surface area (Å²) in [7, 11) is 0. The molecule has 2 aliphatic carbocycles. The third-order valence-electron chi connectivity index (χ3n) is 6.94. The van der Waals surface area contributed by atoms with E-state index in [4.69, 9.17) is 15.9 Å². The maximum Gasteiger partial charge on any atom is 0.419 e. The molecule has 1 aromatic heterocycles. The van der Waals surface area contributed by atoms with Gasteiger partial charge in [-0.3, -0.25) is 9.89 Å². The van der Waals surface area contributed by atoms with Crippen LogP contribution in [0.5, 0.6) is 0 Å². The number of halogens is 5. The molecule has 1 aromatic rings. The first-order valence-corrected chi connectivity index (χ1v) is 11.2. The van der Waals surface area contributed by atoms with Gasteiger partial charge in [0.25, 0.3) is 6.43 Å². The number of pyridine rings is 1. The van der Waals surface area contributed by atoms with E-state index in [1.165, 1.54) is 0 Å². The molecule has 1 aliphatic heterocycles. The Hall–Kier alpha value is -2.14. The molecule has 33 heavy (non-hydrogen) atoms. The fraction of sp³-hybridized carbons (Fsp3) is 0.682. The number of aromatic nitrogens is 1. The minimum atomic E-state index is -4.69. The van der Waals surface area contributed by atoms with Crippen LogP contribution in [0.3, 0.4) is 0 Å². The number of nitrogens with zero attached hydrogens (tertiary/aromatic N) is 3. The van der Waals surface area contributed by atoms with E-state index in [0.29, 0.717) is 30.2 Å². The summed E-state index contributed by atoms with van der Waals surface area (Å²) in [5.41, 5.74) is 4.55. The van der Waals surface area contributed by atoms with Gasteiger partial charge in [0, 0.05) is 61.3 Å². The van der Waals surface area contributed by atoms with E-state index in [2.05, 4.69) is 14.9 Å². The fourth-order valence-corrected chi connectivity index (χ4v) is 5.35. The van der Waals surface area contributed by atoms with Gasteiger partial charge in [-0.25, -0.2) is 13.8 Å². The number of fused-ring (bicyclic) bond motifs is 1. The topological polar surface area (TPSA) is 87.6 Å². The molecule has 2 unspecified atom stereocenters. The second kappa shape index (κ2) is 9.61. The monoisotopic (exact) mass is 473 g/mol. The molecule has 3 aliphatic rings. The van der Waals surface area contributed by atoms with Crippen molar-refractivity contribution in [2.24, 2.45) is 22.7 Å². The van der Waals surface area contributed by atoms with Gasteiger partial charge in [0.1, 0.15) is 5.82 Å². The molecule has 4 rings (SSSR count). The van der Waals surface area contributed by atoms with Gasteiger partial charge < -0.3 is 15.9 Å². The molecule has 2 saturated carbocycles. The Morgan fingerprint density at radius 3 is 2.64 bits per heavy atom. The van der Waals surface area contributed by atoms with Crippen molar-refractivity contribution in [1.29, 1.82) is 5.41 Å². The summed E-state index contributed by atoms with van der Waals surface area (Å²) in [6, 6.07) is 1.23. The van der Waals surface area contributed by atoms with Gasteiger partial charge in [0.15, 0.2) is 0 Å². The van der Waals surface area contributed by atoms with E-state index in [9.17, 15) is 22.0 Å². The largest absolute Gasteiger partial charge is 0.419 e. The van der Waals surface area contributed by atoms with E-state index in [1.54, 1.807) is 0 Å². The molecule has 3 N–H and O–H groups in total. The molecule has 2 atom stereocenters. The Kier molecular flexibility index (Phi) is 6.99. The van der Waals surface area contributed by atoms with Crippen LogP contribution in [0.1, 0.15) is 36.8 Å². The summed E-state index contributed by atoms with van der Waals surface area (Å²) in [5.74, 6) is -0.0166. The number of alkyl halides is 5. The average Bonchev–Trinajstić information content (AvgIpc) is 3.36. The maximum absolute atomic E-state index is 13.2. The Labute approximate surface area is 188 Å². The molecule has 182 valence electrons. The van der Waals surface area contributed by atoms with E-state index < -0.39 is 30.5 Å². The van der Waals surface area contributed by atoms with Gasteiger partial charge in [-0.2, -0.15) is 13.2 Å². The smallest absolute Gasteiger partial charge is 0.383 e. The first kappa shape index (κ1) is 24.0. The number of nitrogens with two attached hydrogens (primary N) is 1. The van der Waals surface area contributed by atoms with Gasteiger partial charge in [-0.15, -0.1) is 0 Å². The second-order valence-corrected chi connectivity index (χ2v) is 9.01. The molecule has 0 spiro atoms. The van der Waals surface area contributed by atoms with Crippen LogP contribution in [-0.2, 0) is 10.9 Å². The highest BCUT2D eigenvalue weighted by Crippen LogP contribution is 2.59. The van der Waals surface area contributed by atoms with Crippen molar-refractivity contribution in [3.8, 4) is 0 Å². The first-order chi connectivity index (χ1) is 15.6. The van der Waals surface area contributed by atoms with Gasteiger partial charge in [-0.1, -0.05) is 0 Å². The zero-order chi connectivity index (χ0) is 23.8. The van der Waals surface area contributed by atoms with Gasteiger partial charge in [0.05, 0.1) is 18.7 Å². The number of aliphatic imine (C=N–C) groups is 1. The van der Waals surface area contributed by atoms with Crippen LogP contribution in [0.25, 0.3) is 0 Å². The van der Waals surface area contributed by atoms with Crippen molar-refractivity contribution >= 4 is 17.2 Å². The Morgan fingerprint density at radius 1 is 1.24 bits per heavy atom. The van der Waals surface area contributed by atoms with Gasteiger partial charge >= 0.3 is 6.18 Å². The van der Waals surface area contributed by atoms with Crippen molar-refractivity contribution in [3.05, 3.63) is 23.4 Å². The molecule has 6 nitrogen and oxygen atoms in total. The SMILES string of the molecule is N=C(CC(=NCC(F)F)C1C2CC(N3CCCOCC3)CC21)c1cnc(N)c(C(F)(F)F)c1. The second-order valence-electron chi connectivity index (χ2n) is 9.01. The summed E-state index contributed by atoms with van der Waals surface area (Å²) < 4.78 is 70.8. The quantitative estimate of drug-likeness (QED) is 0.465. The van der Waals surface area contributed by atoms with Crippen LogP contribution in [0.15, 0.2) is 17.3 Å². The maximum atomic E-state index is 13.2. The van der Waals surface area contributed by atoms with E-state index >= 15 is 0 Å². The number of rotatable bonds is 7. The Morgan fingerprint density at radius 2 is 1.97 bits per heavy atom. The van der Waals surface area contributed by atoms with Gasteiger partial charge in [-0.05, 0) is 37.2 Å². The zero-order valence-corrected chi connectivity index (χ0v) is 18.1. The lowest BCUT2D eigenvalue weighted by Crippen LogP contribution is -2.37. The lowest BCUT2D eigenvalue weighted by molar-refractivity contribution is -0.137. The third-order valence-corrected chi connectivity index (χ3v) is 6.94. The molecule has 0 aromatic carbocycles. The van der Waals surface area contributed by atoms with Crippen LogP contribution >= 0.6 is 0 Å². The molecular formula is C22H28F5N5O. The Balaban J connectivity index is 1.44. The molecule has 2 heterocycles. The molecule has 3 fully saturated rings. The molecule has 0 bridgehead atoms. The number of nitrogens with one attached hydrogen (secondary N) is 1. The number of hydrogen-bond acceptors (Lipinski definition) is 6. The normalized spacial score (nSPS) is 28.6. The lowest BCUT2D eigenvalue weighted by Gasteiger charge is -2.28. The predicted molar refractivity (Wildman–Crippen MR) is 114 cm³/mol. The minimum absolute atomic E-state index is 0.00686. The van der Waals surface area contributed by atoms with Crippen LogP contribution in [0.2, 0.25) is 0 Å². The summed E-state index contributed by atoms with van der Waals surface area (Å²) in [6.07, 6.45) is -3.40. The predicted octanol–water partition coefficient (Wildman–Crippen LogP) is 3.89. The highest BCUT2D eigenvalue weighted by atomic mass is 19.4. The van der Waals surface area contributed by atoms with Crippen molar-refractivity contribution < 1.29 is 26.7 Å².